The van der Waals surface area contributed by atoms with Crippen molar-refractivity contribution in [2.24, 2.45) is 0 Å². The Hall–Kier alpha value is -2.70. The van der Waals surface area contributed by atoms with Crippen LogP contribution < -0.4 is 10.6 Å². The fraction of sp³-hybridized carbons (Fsp3) is 0.118. The van der Waals surface area contributed by atoms with E-state index in [2.05, 4.69) is 25.6 Å². The highest BCUT2D eigenvalue weighted by Gasteiger charge is 2.08. The van der Waals surface area contributed by atoms with Gasteiger partial charge in [0.1, 0.15) is 5.82 Å². The summed E-state index contributed by atoms with van der Waals surface area (Å²) in [5, 5.41) is 15.8. The Morgan fingerprint density at radius 1 is 1.00 bits per heavy atom. The molecule has 0 amide bonds. The quantitative estimate of drug-likeness (QED) is 0.638. The lowest BCUT2D eigenvalue weighted by molar-refractivity contribution is 0.311. The van der Waals surface area contributed by atoms with Crippen LogP contribution in [0.2, 0.25) is 5.02 Å². The third kappa shape index (κ3) is 4.18. The molecule has 3 aromatic rings. The van der Waals surface area contributed by atoms with Crippen molar-refractivity contribution >= 4 is 29.1 Å². The highest BCUT2D eigenvalue weighted by Crippen LogP contribution is 2.23. The van der Waals surface area contributed by atoms with Gasteiger partial charge in [0.25, 0.3) is 0 Å². The minimum Gasteiger partial charge on any atom is -0.395 e. The summed E-state index contributed by atoms with van der Waals surface area (Å²) >= 11 is 6.02. The number of aliphatic hydroxyl groups is 1. The molecule has 0 unspecified atom stereocenters. The van der Waals surface area contributed by atoms with Crippen LogP contribution in [-0.2, 0) is 0 Å². The number of hydrogen-bond donors (Lipinski definition) is 3. The lowest BCUT2D eigenvalue weighted by Gasteiger charge is -2.11. The van der Waals surface area contributed by atoms with Crippen molar-refractivity contribution < 1.29 is 5.11 Å². The first-order chi connectivity index (χ1) is 11.7. The van der Waals surface area contributed by atoms with Crippen LogP contribution >= 0.6 is 11.6 Å². The summed E-state index contributed by atoms with van der Waals surface area (Å²) < 4.78 is 0. The SMILES string of the molecule is OCCNc1nc(Nc2cccc(Cl)c2)cc(-c2ccccn2)n1. The number of rotatable bonds is 6. The van der Waals surface area contributed by atoms with Gasteiger partial charge in [-0.1, -0.05) is 23.7 Å². The van der Waals surface area contributed by atoms with E-state index in [4.69, 9.17) is 16.7 Å². The fourth-order valence-electron chi connectivity index (χ4n) is 2.12. The Morgan fingerprint density at radius 2 is 1.92 bits per heavy atom. The van der Waals surface area contributed by atoms with E-state index in [-0.39, 0.29) is 6.61 Å². The van der Waals surface area contributed by atoms with Crippen LogP contribution in [0.15, 0.2) is 54.7 Å². The summed E-state index contributed by atoms with van der Waals surface area (Å²) in [6, 6.07) is 14.8. The highest BCUT2D eigenvalue weighted by molar-refractivity contribution is 6.30. The van der Waals surface area contributed by atoms with Gasteiger partial charge >= 0.3 is 0 Å². The second kappa shape index (κ2) is 7.72. The third-order valence-corrected chi connectivity index (χ3v) is 3.38. The van der Waals surface area contributed by atoms with Gasteiger partial charge in [0.05, 0.1) is 18.0 Å². The molecule has 0 radical (unpaired) electrons. The predicted molar refractivity (Wildman–Crippen MR) is 95.6 cm³/mol. The van der Waals surface area contributed by atoms with Gasteiger partial charge in [-0.25, -0.2) is 4.98 Å². The van der Waals surface area contributed by atoms with Crippen LogP contribution in [0, 0.1) is 0 Å². The van der Waals surface area contributed by atoms with E-state index < -0.39 is 0 Å². The average molecular weight is 342 g/mol. The number of aromatic nitrogens is 3. The molecule has 7 heteroatoms. The lowest BCUT2D eigenvalue weighted by Crippen LogP contribution is -2.10. The second-order valence-electron chi connectivity index (χ2n) is 4.96. The largest absolute Gasteiger partial charge is 0.395 e. The van der Waals surface area contributed by atoms with E-state index in [0.717, 1.165) is 11.4 Å². The second-order valence-corrected chi connectivity index (χ2v) is 5.40. The molecule has 0 saturated heterocycles. The van der Waals surface area contributed by atoms with Crippen molar-refractivity contribution in [3.63, 3.8) is 0 Å². The molecule has 3 N–H and O–H groups in total. The van der Waals surface area contributed by atoms with Gasteiger partial charge in [0.2, 0.25) is 5.95 Å². The molecule has 6 nitrogen and oxygen atoms in total. The molecule has 0 bridgehead atoms. The Bertz CT molecular complexity index is 813. The molecule has 0 spiro atoms. The zero-order chi connectivity index (χ0) is 16.8. The van der Waals surface area contributed by atoms with Crippen molar-refractivity contribution in [1.82, 2.24) is 15.0 Å². The van der Waals surface area contributed by atoms with Crippen molar-refractivity contribution in [2.75, 3.05) is 23.8 Å². The zero-order valence-electron chi connectivity index (χ0n) is 12.8. The molecule has 0 atom stereocenters. The van der Waals surface area contributed by atoms with Crippen LogP contribution in [0.3, 0.4) is 0 Å². The van der Waals surface area contributed by atoms with Crippen LogP contribution in [-0.4, -0.2) is 33.2 Å². The van der Waals surface area contributed by atoms with E-state index in [1.165, 1.54) is 0 Å². The summed E-state index contributed by atoms with van der Waals surface area (Å²) in [4.78, 5) is 13.2. The first-order valence-electron chi connectivity index (χ1n) is 7.42. The summed E-state index contributed by atoms with van der Waals surface area (Å²) in [5.74, 6) is 1.02. The molecule has 1 aromatic carbocycles. The minimum absolute atomic E-state index is 0.00572. The van der Waals surface area contributed by atoms with Crippen molar-refractivity contribution in [1.29, 1.82) is 0 Å². The maximum atomic E-state index is 8.99. The topological polar surface area (TPSA) is 83.0 Å². The molecule has 3 rings (SSSR count). The fourth-order valence-corrected chi connectivity index (χ4v) is 2.31. The molecule has 0 fully saturated rings. The predicted octanol–water partition coefficient (Wildman–Crippen LogP) is 3.34. The van der Waals surface area contributed by atoms with E-state index >= 15 is 0 Å². The lowest BCUT2D eigenvalue weighted by atomic mass is 10.2. The maximum absolute atomic E-state index is 8.99. The Balaban J connectivity index is 1.95. The van der Waals surface area contributed by atoms with E-state index in [0.29, 0.717) is 29.0 Å². The number of nitrogens with zero attached hydrogens (tertiary/aromatic N) is 3. The Kier molecular flexibility index (Phi) is 5.20. The Morgan fingerprint density at radius 3 is 2.67 bits per heavy atom. The standard InChI is InChI=1S/C17H16ClN5O/c18-12-4-3-5-13(10-12)21-16-11-15(14-6-1-2-7-19-14)22-17(23-16)20-8-9-24/h1-7,10-11,24H,8-9H2,(H2,20,21,22,23). The van der Waals surface area contributed by atoms with Crippen LogP contribution in [0.5, 0.6) is 0 Å². The minimum atomic E-state index is -0.00572. The van der Waals surface area contributed by atoms with E-state index in [1.54, 1.807) is 12.3 Å². The third-order valence-electron chi connectivity index (χ3n) is 3.15. The number of anilines is 3. The van der Waals surface area contributed by atoms with Crippen molar-refractivity contribution in [3.05, 3.63) is 59.8 Å². The number of aliphatic hydroxyl groups excluding tert-OH is 1. The molecule has 2 aromatic heterocycles. The molecular weight excluding hydrogens is 326 g/mol. The number of nitrogens with one attached hydrogen (secondary N) is 2. The van der Waals surface area contributed by atoms with Gasteiger partial charge in [-0.3, -0.25) is 4.98 Å². The molecule has 24 heavy (non-hydrogen) atoms. The normalized spacial score (nSPS) is 10.4. The average Bonchev–Trinajstić information content (AvgIpc) is 2.60. The number of hydrogen-bond acceptors (Lipinski definition) is 6. The van der Waals surface area contributed by atoms with Gasteiger partial charge in [0, 0.05) is 29.5 Å². The zero-order valence-corrected chi connectivity index (χ0v) is 13.5. The van der Waals surface area contributed by atoms with Crippen LogP contribution in [0.1, 0.15) is 0 Å². The van der Waals surface area contributed by atoms with E-state index in [9.17, 15) is 0 Å². The Labute approximate surface area is 144 Å². The monoisotopic (exact) mass is 341 g/mol. The molecule has 0 aliphatic rings. The van der Waals surface area contributed by atoms with Crippen molar-refractivity contribution in [2.45, 2.75) is 0 Å². The van der Waals surface area contributed by atoms with Gasteiger partial charge in [-0.05, 0) is 30.3 Å². The molecule has 0 aliphatic heterocycles. The first kappa shape index (κ1) is 16.2. The van der Waals surface area contributed by atoms with Gasteiger partial charge < -0.3 is 15.7 Å². The maximum Gasteiger partial charge on any atom is 0.225 e. The summed E-state index contributed by atoms with van der Waals surface area (Å²) in [6.07, 6.45) is 1.71. The summed E-state index contributed by atoms with van der Waals surface area (Å²) in [7, 11) is 0. The smallest absolute Gasteiger partial charge is 0.225 e. The molecule has 2 heterocycles. The number of pyridine rings is 1. The summed E-state index contributed by atoms with van der Waals surface area (Å²) in [5.41, 5.74) is 2.23. The molecule has 0 saturated carbocycles. The highest BCUT2D eigenvalue weighted by atomic mass is 35.5. The first-order valence-corrected chi connectivity index (χ1v) is 7.80. The van der Waals surface area contributed by atoms with E-state index in [1.807, 2.05) is 42.5 Å². The van der Waals surface area contributed by atoms with Crippen LogP contribution in [0.4, 0.5) is 17.5 Å². The van der Waals surface area contributed by atoms with Crippen LogP contribution in [0.25, 0.3) is 11.4 Å². The number of benzene rings is 1. The van der Waals surface area contributed by atoms with Gasteiger partial charge in [-0.2, -0.15) is 4.98 Å². The molecular formula is C17H16ClN5O. The summed E-state index contributed by atoms with van der Waals surface area (Å²) in [6.45, 7) is 0.358. The molecule has 122 valence electrons. The van der Waals surface area contributed by atoms with Crippen molar-refractivity contribution in [3.8, 4) is 11.4 Å². The van der Waals surface area contributed by atoms with Gasteiger partial charge in [0.15, 0.2) is 0 Å². The number of halogens is 1. The van der Waals surface area contributed by atoms with Gasteiger partial charge in [-0.15, -0.1) is 0 Å². The molecule has 0 aliphatic carbocycles.